The second-order valence-corrected chi connectivity index (χ2v) is 5.89. The number of anilines is 1. The van der Waals surface area contributed by atoms with Crippen LogP contribution in [0.5, 0.6) is 0 Å². The monoisotopic (exact) mass is 327 g/mol. The first-order valence-corrected chi connectivity index (χ1v) is 7.96. The zero-order chi connectivity index (χ0) is 17.1. The van der Waals surface area contributed by atoms with E-state index in [1.54, 1.807) is 24.3 Å². The molecule has 2 heterocycles. The molecule has 0 fully saturated rings. The van der Waals surface area contributed by atoms with Gasteiger partial charge in [0, 0.05) is 36.7 Å². The lowest BCUT2D eigenvalue weighted by Crippen LogP contribution is -2.41. The Labute approximate surface area is 141 Å². The molecule has 0 bridgehead atoms. The molecule has 6 nitrogen and oxygen atoms in total. The number of hydrogen-bond acceptors (Lipinski definition) is 4. The zero-order valence-electron chi connectivity index (χ0n) is 13.9. The third-order valence-electron chi connectivity index (χ3n) is 4.40. The predicted molar refractivity (Wildman–Crippen MR) is 90.8 cm³/mol. The van der Waals surface area contributed by atoms with Gasteiger partial charge in [0.1, 0.15) is 0 Å². The van der Waals surface area contributed by atoms with Crippen LogP contribution in [0.1, 0.15) is 29.0 Å². The summed E-state index contributed by atoms with van der Waals surface area (Å²) in [4.78, 5) is 25.9. The number of nitrogens with one attached hydrogen (secondary N) is 1. The van der Waals surface area contributed by atoms with Crippen molar-refractivity contribution in [2.24, 2.45) is 0 Å². The van der Waals surface area contributed by atoms with Crippen LogP contribution < -0.4 is 5.32 Å². The molecule has 1 aliphatic rings. The van der Waals surface area contributed by atoms with E-state index in [4.69, 9.17) is 0 Å². The van der Waals surface area contributed by atoms with Gasteiger partial charge in [0.2, 0.25) is 5.91 Å². The SMILES string of the molecule is COC(=O)c1ccc(NC(=O)CN2CCn3cccc3C2C)cc1. The highest BCUT2D eigenvalue weighted by Gasteiger charge is 2.24. The van der Waals surface area contributed by atoms with Gasteiger partial charge in [0.15, 0.2) is 0 Å². The van der Waals surface area contributed by atoms with Crippen LogP contribution in [-0.2, 0) is 16.1 Å². The van der Waals surface area contributed by atoms with E-state index in [2.05, 4.69) is 38.7 Å². The Morgan fingerprint density at radius 1 is 1.21 bits per heavy atom. The summed E-state index contributed by atoms with van der Waals surface area (Å²) in [7, 11) is 1.34. The molecule has 3 rings (SSSR count). The maximum Gasteiger partial charge on any atom is 0.337 e. The number of carbonyl (C=O) groups is 2. The average Bonchev–Trinajstić information content (AvgIpc) is 3.07. The molecule has 6 heteroatoms. The molecule has 126 valence electrons. The first-order valence-electron chi connectivity index (χ1n) is 7.96. The van der Waals surface area contributed by atoms with Crippen molar-refractivity contribution in [1.29, 1.82) is 0 Å². The van der Waals surface area contributed by atoms with Crippen LogP contribution in [0.3, 0.4) is 0 Å². The Hall–Kier alpha value is -2.60. The normalized spacial score (nSPS) is 17.2. The standard InChI is InChI=1S/C18H21N3O3/c1-13-16-4-3-9-20(16)10-11-21(13)12-17(22)19-15-7-5-14(6-8-15)18(23)24-2/h3-9,13H,10-12H2,1-2H3,(H,19,22). The molecule has 0 radical (unpaired) electrons. The number of carbonyl (C=O) groups excluding carboxylic acids is 2. The molecule has 1 amide bonds. The topological polar surface area (TPSA) is 63.6 Å². The van der Waals surface area contributed by atoms with Gasteiger partial charge in [-0.2, -0.15) is 0 Å². The van der Waals surface area contributed by atoms with Gasteiger partial charge in [0.25, 0.3) is 0 Å². The van der Waals surface area contributed by atoms with Gasteiger partial charge in [0.05, 0.1) is 19.2 Å². The summed E-state index contributed by atoms with van der Waals surface area (Å²) in [6.07, 6.45) is 2.08. The number of hydrogen-bond donors (Lipinski definition) is 1. The van der Waals surface area contributed by atoms with E-state index < -0.39 is 5.97 Å². The molecule has 0 saturated heterocycles. The molecule has 1 atom stereocenters. The van der Waals surface area contributed by atoms with E-state index in [1.165, 1.54) is 12.8 Å². The third kappa shape index (κ3) is 3.33. The minimum atomic E-state index is -0.391. The Bertz CT molecular complexity index is 736. The molecular formula is C18H21N3O3. The fourth-order valence-corrected chi connectivity index (χ4v) is 3.04. The van der Waals surface area contributed by atoms with Crippen molar-refractivity contribution in [3.63, 3.8) is 0 Å². The number of rotatable bonds is 4. The Kier molecular flexibility index (Phi) is 4.66. The maximum atomic E-state index is 12.3. The highest BCUT2D eigenvalue weighted by atomic mass is 16.5. The summed E-state index contributed by atoms with van der Waals surface area (Å²) < 4.78 is 6.88. The van der Waals surface area contributed by atoms with Crippen molar-refractivity contribution in [1.82, 2.24) is 9.47 Å². The maximum absolute atomic E-state index is 12.3. The molecule has 1 aliphatic heterocycles. The summed E-state index contributed by atoms with van der Waals surface area (Å²) in [5, 5.41) is 2.87. The quantitative estimate of drug-likeness (QED) is 0.875. The van der Waals surface area contributed by atoms with Crippen LogP contribution in [-0.4, -0.2) is 41.5 Å². The zero-order valence-corrected chi connectivity index (χ0v) is 13.9. The van der Waals surface area contributed by atoms with Gasteiger partial charge in [-0.05, 0) is 43.3 Å². The van der Waals surface area contributed by atoms with Gasteiger partial charge < -0.3 is 14.6 Å². The average molecular weight is 327 g/mol. The molecule has 0 aliphatic carbocycles. The highest BCUT2D eigenvalue weighted by molar-refractivity contribution is 5.94. The van der Waals surface area contributed by atoms with Crippen molar-refractivity contribution in [3.05, 3.63) is 53.9 Å². The second-order valence-electron chi connectivity index (χ2n) is 5.89. The first-order chi connectivity index (χ1) is 11.6. The van der Waals surface area contributed by atoms with Crippen LogP contribution in [0.25, 0.3) is 0 Å². The van der Waals surface area contributed by atoms with Crippen molar-refractivity contribution in [2.75, 3.05) is 25.5 Å². The Morgan fingerprint density at radius 2 is 1.96 bits per heavy atom. The summed E-state index contributed by atoms with van der Waals surface area (Å²) in [5.74, 6) is -0.453. The van der Waals surface area contributed by atoms with E-state index >= 15 is 0 Å². The number of ether oxygens (including phenoxy) is 1. The largest absolute Gasteiger partial charge is 0.465 e. The van der Waals surface area contributed by atoms with Gasteiger partial charge >= 0.3 is 5.97 Å². The summed E-state index contributed by atoms with van der Waals surface area (Å²) in [6, 6.07) is 11.0. The number of benzene rings is 1. The van der Waals surface area contributed by atoms with Crippen molar-refractivity contribution in [3.8, 4) is 0 Å². The lowest BCUT2D eigenvalue weighted by Gasteiger charge is -2.34. The molecule has 1 aromatic carbocycles. The Morgan fingerprint density at radius 3 is 2.67 bits per heavy atom. The molecular weight excluding hydrogens is 306 g/mol. The summed E-state index contributed by atoms with van der Waals surface area (Å²) in [5.41, 5.74) is 2.36. The van der Waals surface area contributed by atoms with Gasteiger partial charge in [-0.1, -0.05) is 0 Å². The van der Waals surface area contributed by atoms with Crippen LogP contribution in [0.4, 0.5) is 5.69 Å². The lowest BCUT2D eigenvalue weighted by molar-refractivity contribution is -0.118. The molecule has 2 aromatic rings. The highest BCUT2D eigenvalue weighted by Crippen LogP contribution is 2.24. The first kappa shape index (κ1) is 16.3. The van der Waals surface area contributed by atoms with Crippen molar-refractivity contribution < 1.29 is 14.3 Å². The fraction of sp³-hybridized carbons (Fsp3) is 0.333. The minimum Gasteiger partial charge on any atom is -0.465 e. The van der Waals surface area contributed by atoms with Gasteiger partial charge in [-0.25, -0.2) is 4.79 Å². The van der Waals surface area contributed by atoms with Crippen molar-refractivity contribution >= 4 is 17.6 Å². The second kappa shape index (κ2) is 6.88. The van der Waals surface area contributed by atoms with Crippen LogP contribution in [0.15, 0.2) is 42.6 Å². The van der Waals surface area contributed by atoms with E-state index in [9.17, 15) is 9.59 Å². The van der Waals surface area contributed by atoms with E-state index in [0.29, 0.717) is 17.8 Å². The summed E-state index contributed by atoms with van der Waals surface area (Å²) >= 11 is 0. The van der Waals surface area contributed by atoms with Crippen molar-refractivity contribution in [2.45, 2.75) is 19.5 Å². The number of esters is 1. The van der Waals surface area contributed by atoms with Gasteiger partial charge in [-0.3, -0.25) is 9.69 Å². The summed E-state index contributed by atoms with van der Waals surface area (Å²) in [6.45, 7) is 4.19. The number of aromatic nitrogens is 1. The van der Waals surface area contributed by atoms with Crippen LogP contribution in [0, 0.1) is 0 Å². The third-order valence-corrected chi connectivity index (χ3v) is 4.40. The molecule has 1 unspecified atom stereocenters. The minimum absolute atomic E-state index is 0.0623. The molecule has 0 saturated carbocycles. The number of nitrogens with zero attached hydrogens (tertiary/aromatic N) is 2. The molecule has 24 heavy (non-hydrogen) atoms. The Balaban J connectivity index is 1.59. The van der Waals surface area contributed by atoms with Gasteiger partial charge in [-0.15, -0.1) is 0 Å². The van der Waals surface area contributed by atoms with E-state index in [-0.39, 0.29) is 11.9 Å². The predicted octanol–water partition coefficient (Wildman–Crippen LogP) is 2.29. The van der Waals surface area contributed by atoms with Crippen LogP contribution >= 0.6 is 0 Å². The van der Waals surface area contributed by atoms with E-state index in [1.807, 2.05) is 6.07 Å². The number of methoxy groups -OCH3 is 1. The van der Waals surface area contributed by atoms with E-state index in [0.717, 1.165) is 13.1 Å². The molecule has 1 aromatic heterocycles. The number of amides is 1. The lowest BCUT2D eigenvalue weighted by atomic mass is 10.1. The number of fused-ring (bicyclic) bond motifs is 1. The molecule has 0 spiro atoms. The molecule has 1 N–H and O–H groups in total. The fourth-order valence-electron chi connectivity index (χ4n) is 3.04. The smallest absolute Gasteiger partial charge is 0.337 e. The van der Waals surface area contributed by atoms with Crippen LogP contribution in [0.2, 0.25) is 0 Å².